The van der Waals surface area contributed by atoms with Gasteiger partial charge in [-0.2, -0.15) is 5.10 Å². The van der Waals surface area contributed by atoms with Gasteiger partial charge in [-0.25, -0.2) is 0 Å². The third-order valence-electron chi connectivity index (χ3n) is 3.75. The highest BCUT2D eigenvalue weighted by Gasteiger charge is 2.28. The molecule has 1 aliphatic rings. The maximum absolute atomic E-state index is 11.9. The predicted octanol–water partition coefficient (Wildman–Crippen LogP) is 0.409. The number of amides is 1. The van der Waals surface area contributed by atoms with Crippen LogP contribution in [-0.2, 0) is 11.8 Å². The summed E-state index contributed by atoms with van der Waals surface area (Å²) in [7, 11) is 3.83. The fraction of sp³-hybridized carbons (Fsp3) is 0.714. The molecule has 0 saturated heterocycles. The molecule has 1 saturated carbocycles. The van der Waals surface area contributed by atoms with E-state index >= 15 is 0 Å². The summed E-state index contributed by atoms with van der Waals surface area (Å²) in [5, 5.41) is 7.22. The summed E-state index contributed by atoms with van der Waals surface area (Å²) in [6, 6.07) is 0.393. The van der Waals surface area contributed by atoms with Crippen molar-refractivity contribution in [3.8, 4) is 0 Å². The van der Waals surface area contributed by atoms with Gasteiger partial charge in [-0.05, 0) is 26.3 Å². The lowest BCUT2D eigenvalue weighted by Gasteiger charge is -2.31. The fourth-order valence-electron chi connectivity index (χ4n) is 2.47. The molecule has 0 spiro atoms. The molecular weight excluding hydrogens is 254 g/mol. The number of aromatic nitrogens is 2. The number of aryl methyl sites for hydroxylation is 1. The van der Waals surface area contributed by atoms with E-state index in [0.29, 0.717) is 12.6 Å². The summed E-state index contributed by atoms with van der Waals surface area (Å²) in [6.07, 6.45) is 6.87. The van der Waals surface area contributed by atoms with Gasteiger partial charge in [0.1, 0.15) is 0 Å². The lowest BCUT2D eigenvalue weighted by Crippen LogP contribution is -2.44. The number of nitrogens with one attached hydrogen (secondary N) is 1. The molecule has 0 aromatic carbocycles. The Morgan fingerprint density at radius 1 is 1.65 bits per heavy atom. The SMILES string of the molecule is CCC(N)C(c1cnn(C)c1)N(C)CC(=O)NC1CC1. The van der Waals surface area contributed by atoms with Gasteiger partial charge in [-0.1, -0.05) is 6.92 Å². The number of hydrogen-bond acceptors (Lipinski definition) is 4. The van der Waals surface area contributed by atoms with Crippen LogP contribution in [0, 0.1) is 0 Å². The number of hydrogen-bond donors (Lipinski definition) is 2. The summed E-state index contributed by atoms with van der Waals surface area (Å²) >= 11 is 0. The second-order valence-electron chi connectivity index (χ2n) is 5.72. The highest BCUT2D eigenvalue weighted by atomic mass is 16.2. The van der Waals surface area contributed by atoms with Crippen LogP contribution in [0.15, 0.2) is 12.4 Å². The van der Waals surface area contributed by atoms with Gasteiger partial charge in [0, 0.05) is 30.9 Å². The van der Waals surface area contributed by atoms with Crippen molar-refractivity contribution < 1.29 is 4.79 Å². The van der Waals surface area contributed by atoms with E-state index in [4.69, 9.17) is 5.73 Å². The second kappa shape index (κ2) is 6.37. The number of nitrogens with zero attached hydrogens (tertiary/aromatic N) is 3. The molecule has 20 heavy (non-hydrogen) atoms. The van der Waals surface area contributed by atoms with Crippen LogP contribution in [0.2, 0.25) is 0 Å². The Bertz CT molecular complexity index is 454. The molecule has 1 aliphatic carbocycles. The molecule has 2 rings (SSSR count). The van der Waals surface area contributed by atoms with Crippen LogP contribution in [0.25, 0.3) is 0 Å². The molecule has 2 atom stereocenters. The molecule has 6 nitrogen and oxygen atoms in total. The second-order valence-corrected chi connectivity index (χ2v) is 5.72. The molecule has 112 valence electrons. The van der Waals surface area contributed by atoms with E-state index in [1.165, 1.54) is 0 Å². The molecule has 2 unspecified atom stereocenters. The van der Waals surface area contributed by atoms with Crippen molar-refractivity contribution >= 4 is 5.91 Å². The van der Waals surface area contributed by atoms with Crippen LogP contribution < -0.4 is 11.1 Å². The molecule has 1 aromatic heterocycles. The Balaban J connectivity index is 2.03. The molecule has 0 radical (unpaired) electrons. The smallest absolute Gasteiger partial charge is 0.234 e. The van der Waals surface area contributed by atoms with Gasteiger partial charge in [0.05, 0.1) is 18.8 Å². The molecule has 6 heteroatoms. The summed E-state index contributed by atoms with van der Waals surface area (Å²) < 4.78 is 1.77. The van der Waals surface area contributed by atoms with Crippen LogP contribution in [0.3, 0.4) is 0 Å². The van der Waals surface area contributed by atoms with Crippen LogP contribution in [0.4, 0.5) is 0 Å². The Kier molecular flexibility index (Phi) is 4.77. The maximum Gasteiger partial charge on any atom is 0.234 e. The first-order valence-electron chi connectivity index (χ1n) is 7.25. The summed E-state index contributed by atoms with van der Waals surface area (Å²) in [6.45, 7) is 2.43. The molecule has 1 amide bonds. The van der Waals surface area contributed by atoms with Crippen molar-refractivity contribution in [1.82, 2.24) is 20.0 Å². The van der Waals surface area contributed by atoms with E-state index in [1.54, 1.807) is 4.68 Å². The fourth-order valence-corrected chi connectivity index (χ4v) is 2.47. The number of carbonyl (C=O) groups is 1. The van der Waals surface area contributed by atoms with Gasteiger partial charge in [-0.3, -0.25) is 14.4 Å². The quantitative estimate of drug-likeness (QED) is 0.758. The standard InChI is InChI=1S/C14H25N5O/c1-4-12(15)14(10-7-16-19(3)8-10)18(2)9-13(20)17-11-5-6-11/h7-8,11-12,14H,4-6,9,15H2,1-3H3,(H,17,20). The van der Waals surface area contributed by atoms with Crippen LogP contribution in [0.5, 0.6) is 0 Å². The van der Waals surface area contributed by atoms with Crippen LogP contribution in [0.1, 0.15) is 37.8 Å². The number of carbonyl (C=O) groups excluding carboxylic acids is 1. The first kappa shape index (κ1) is 15.0. The van der Waals surface area contributed by atoms with E-state index in [1.807, 2.05) is 31.4 Å². The Morgan fingerprint density at radius 2 is 2.35 bits per heavy atom. The molecule has 1 fully saturated rings. The van der Waals surface area contributed by atoms with E-state index in [2.05, 4.69) is 17.3 Å². The van der Waals surface area contributed by atoms with Crippen molar-refractivity contribution in [1.29, 1.82) is 0 Å². The van der Waals surface area contributed by atoms with Crippen molar-refractivity contribution in [2.45, 2.75) is 44.3 Å². The summed E-state index contributed by atoms with van der Waals surface area (Å²) in [4.78, 5) is 14.0. The van der Waals surface area contributed by atoms with Gasteiger partial charge in [-0.15, -0.1) is 0 Å². The van der Waals surface area contributed by atoms with Gasteiger partial charge in [0.25, 0.3) is 0 Å². The molecule has 0 aliphatic heterocycles. The zero-order valence-corrected chi connectivity index (χ0v) is 12.5. The van der Waals surface area contributed by atoms with Gasteiger partial charge >= 0.3 is 0 Å². The molecule has 3 N–H and O–H groups in total. The van der Waals surface area contributed by atoms with Gasteiger partial charge in [0.2, 0.25) is 5.91 Å². The van der Waals surface area contributed by atoms with E-state index in [0.717, 1.165) is 24.8 Å². The zero-order valence-electron chi connectivity index (χ0n) is 12.5. The lowest BCUT2D eigenvalue weighted by atomic mass is 9.99. The summed E-state index contributed by atoms with van der Waals surface area (Å²) in [5.74, 6) is 0.0761. The number of rotatable bonds is 7. The third kappa shape index (κ3) is 3.80. The van der Waals surface area contributed by atoms with Crippen LogP contribution in [-0.4, -0.2) is 46.3 Å². The third-order valence-corrected chi connectivity index (χ3v) is 3.75. The Hall–Kier alpha value is -1.40. The minimum absolute atomic E-state index is 0.0126. The highest BCUT2D eigenvalue weighted by molar-refractivity contribution is 5.78. The Morgan fingerprint density at radius 3 is 2.85 bits per heavy atom. The zero-order chi connectivity index (χ0) is 14.7. The van der Waals surface area contributed by atoms with E-state index in [9.17, 15) is 4.79 Å². The topological polar surface area (TPSA) is 76.2 Å². The molecule has 1 aromatic rings. The monoisotopic (exact) mass is 279 g/mol. The van der Waals surface area contributed by atoms with Crippen molar-refractivity contribution in [3.05, 3.63) is 18.0 Å². The molecule has 0 bridgehead atoms. The highest BCUT2D eigenvalue weighted by Crippen LogP contribution is 2.23. The minimum atomic E-state index is -0.0158. The maximum atomic E-state index is 11.9. The van der Waals surface area contributed by atoms with Crippen LogP contribution >= 0.6 is 0 Å². The van der Waals surface area contributed by atoms with Crippen molar-refractivity contribution in [2.24, 2.45) is 12.8 Å². The summed E-state index contributed by atoms with van der Waals surface area (Å²) in [5.41, 5.74) is 7.30. The van der Waals surface area contributed by atoms with Gasteiger partial charge in [0.15, 0.2) is 0 Å². The number of likely N-dealkylation sites (N-methyl/N-ethyl adjacent to an activating group) is 1. The molecular formula is C14H25N5O. The first-order valence-corrected chi connectivity index (χ1v) is 7.25. The molecule has 1 heterocycles. The van der Waals surface area contributed by atoms with Crippen molar-refractivity contribution in [3.63, 3.8) is 0 Å². The largest absolute Gasteiger partial charge is 0.352 e. The first-order chi connectivity index (χ1) is 9.51. The predicted molar refractivity (Wildman–Crippen MR) is 78.0 cm³/mol. The average molecular weight is 279 g/mol. The lowest BCUT2D eigenvalue weighted by molar-refractivity contribution is -0.122. The van der Waals surface area contributed by atoms with E-state index < -0.39 is 0 Å². The van der Waals surface area contributed by atoms with Gasteiger partial charge < -0.3 is 11.1 Å². The minimum Gasteiger partial charge on any atom is -0.352 e. The Labute approximate surface area is 120 Å². The normalized spacial score (nSPS) is 18.1. The van der Waals surface area contributed by atoms with Crippen molar-refractivity contribution in [2.75, 3.05) is 13.6 Å². The number of nitrogens with two attached hydrogens (primary N) is 1. The van der Waals surface area contributed by atoms with E-state index in [-0.39, 0.29) is 18.0 Å². The average Bonchev–Trinajstić information content (AvgIpc) is 3.10.